The van der Waals surface area contributed by atoms with E-state index in [2.05, 4.69) is 20.4 Å². The predicted molar refractivity (Wildman–Crippen MR) is 115 cm³/mol. The summed E-state index contributed by atoms with van der Waals surface area (Å²) in [6, 6.07) is 7.68. The van der Waals surface area contributed by atoms with Gasteiger partial charge in [0.15, 0.2) is 0 Å². The Morgan fingerprint density at radius 3 is 2.65 bits per heavy atom. The van der Waals surface area contributed by atoms with Crippen molar-refractivity contribution in [3.63, 3.8) is 0 Å². The van der Waals surface area contributed by atoms with Crippen LogP contribution >= 0.6 is 24.0 Å². The Morgan fingerprint density at radius 2 is 2.04 bits per heavy atom. The van der Waals surface area contributed by atoms with Crippen LogP contribution in [0, 0.1) is 5.92 Å². The zero-order valence-electron chi connectivity index (χ0n) is 15.6. The van der Waals surface area contributed by atoms with Gasteiger partial charge in [-0.2, -0.15) is 0 Å². The van der Waals surface area contributed by atoms with E-state index in [9.17, 15) is 4.79 Å². The van der Waals surface area contributed by atoms with E-state index >= 15 is 0 Å². The van der Waals surface area contributed by atoms with Gasteiger partial charge in [0.05, 0.1) is 4.91 Å². The van der Waals surface area contributed by atoms with Crippen LogP contribution in [0.1, 0.15) is 45.1 Å². The quantitative estimate of drug-likeness (QED) is 0.293. The van der Waals surface area contributed by atoms with E-state index in [1.54, 1.807) is 11.0 Å². The lowest BCUT2D eigenvalue weighted by atomic mass is 9.99. The number of thiocarbonyl (C=S) groups is 1. The molecule has 0 saturated carbocycles. The van der Waals surface area contributed by atoms with Crippen LogP contribution in [0.2, 0.25) is 0 Å². The second-order valence-electron chi connectivity index (χ2n) is 6.38. The number of hydrogen-bond donors (Lipinski definition) is 0. The summed E-state index contributed by atoms with van der Waals surface area (Å²) in [7, 11) is 0. The van der Waals surface area contributed by atoms with Gasteiger partial charge in [0.1, 0.15) is 16.7 Å². The van der Waals surface area contributed by atoms with E-state index in [1.807, 2.05) is 30.3 Å². The lowest BCUT2D eigenvalue weighted by Gasteiger charge is -2.21. The van der Waals surface area contributed by atoms with Crippen molar-refractivity contribution in [1.82, 2.24) is 4.90 Å². The van der Waals surface area contributed by atoms with E-state index in [-0.39, 0.29) is 5.91 Å². The van der Waals surface area contributed by atoms with Gasteiger partial charge in [0.2, 0.25) is 0 Å². The maximum absolute atomic E-state index is 12.8. The molecule has 5 heteroatoms. The number of amides is 1. The van der Waals surface area contributed by atoms with Gasteiger partial charge >= 0.3 is 0 Å². The molecule has 1 atom stereocenters. The molecule has 0 spiro atoms. The zero-order chi connectivity index (χ0) is 18.9. The van der Waals surface area contributed by atoms with Gasteiger partial charge in [-0.3, -0.25) is 9.69 Å². The number of rotatable bonds is 10. The van der Waals surface area contributed by atoms with E-state index in [4.69, 9.17) is 17.0 Å². The van der Waals surface area contributed by atoms with Crippen molar-refractivity contribution in [1.29, 1.82) is 0 Å². The number of carbonyl (C=O) groups is 1. The standard InChI is InChI=1S/C21H27NO2S2/c1-4-7-8-16(6-3)15-22-20(23)19(26-21(22)25)14-17-9-11-18(12-10-17)24-13-5-2/h5,9-12,14,16H,2,4,6-8,13,15H2,1,3H3/b19-14-. The fourth-order valence-corrected chi connectivity index (χ4v) is 4.07. The molecule has 1 fully saturated rings. The molecule has 3 nitrogen and oxygen atoms in total. The highest BCUT2D eigenvalue weighted by Crippen LogP contribution is 2.34. The largest absolute Gasteiger partial charge is 0.490 e. The molecule has 140 valence electrons. The topological polar surface area (TPSA) is 29.5 Å². The fourth-order valence-electron chi connectivity index (χ4n) is 2.80. The molecular weight excluding hydrogens is 362 g/mol. The van der Waals surface area contributed by atoms with E-state index in [1.165, 1.54) is 24.6 Å². The molecule has 1 heterocycles. The molecule has 1 amide bonds. The van der Waals surface area contributed by atoms with Crippen LogP contribution in [0.3, 0.4) is 0 Å². The van der Waals surface area contributed by atoms with E-state index in [0.29, 0.717) is 21.8 Å². The Balaban J connectivity index is 2.04. The molecular formula is C21H27NO2S2. The van der Waals surface area contributed by atoms with Gasteiger partial charge < -0.3 is 4.74 Å². The van der Waals surface area contributed by atoms with Crippen molar-refractivity contribution in [3.05, 3.63) is 47.4 Å². The molecule has 0 radical (unpaired) electrons. The van der Waals surface area contributed by atoms with Crippen molar-refractivity contribution in [2.45, 2.75) is 39.5 Å². The lowest BCUT2D eigenvalue weighted by molar-refractivity contribution is -0.122. The average molecular weight is 390 g/mol. The van der Waals surface area contributed by atoms with Gasteiger partial charge in [-0.1, -0.05) is 81.9 Å². The maximum Gasteiger partial charge on any atom is 0.266 e. The summed E-state index contributed by atoms with van der Waals surface area (Å²) >= 11 is 6.85. The number of ether oxygens (including phenoxy) is 1. The third kappa shape index (κ3) is 5.71. The van der Waals surface area contributed by atoms with Crippen LogP contribution in [0.15, 0.2) is 41.8 Å². The summed E-state index contributed by atoms with van der Waals surface area (Å²) in [5.74, 6) is 1.33. The fraction of sp³-hybridized carbons (Fsp3) is 0.429. The second kappa shape index (κ2) is 10.5. The number of nitrogens with zero attached hydrogens (tertiary/aromatic N) is 1. The first-order chi connectivity index (χ1) is 12.6. The molecule has 1 aliphatic heterocycles. The van der Waals surface area contributed by atoms with Gasteiger partial charge in [0.25, 0.3) is 5.91 Å². The molecule has 0 N–H and O–H groups in total. The van der Waals surface area contributed by atoms with Gasteiger partial charge in [0, 0.05) is 6.54 Å². The molecule has 26 heavy (non-hydrogen) atoms. The minimum absolute atomic E-state index is 0.0296. The first kappa shape index (κ1) is 20.7. The van der Waals surface area contributed by atoms with Crippen LogP contribution < -0.4 is 4.74 Å². The number of benzene rings is 1. The highest BCUT2D eigenvalue weighted by atomic mass is 32.2. The van der Waals surface area contributed by atoms with Crippen molar-refractivity contribution in [2.75, 3.05) is 13.2 Å². The van der Waals surface area contributed by atoms with Crippen molar-refractivity contribution >= 4 is 40.3 Å². The second-order valence-corrected chi connectivity index (χ2v) is 8.05. The third-order valence-corrected chi connectivity index (χ3v) is 5.78. The first-order valence-corrected chi connectivity index (χ1v) is 10.4. The van der Waals surface area contributed by atoms with Gasteiger partial charge in [-0.05, 0) is 36.1 Å². The Hall–Kier alpha value is -1.59. The molecule has 0 aromatic heterocycles. The van der Waals surface area contributed by atoms with Crippen LogP contribution in [-0.4, -0.2) is 28.3 Å². The normalized spacial score (nSPS) is 17.0. The smallest absolute Gasteiger partial charge is 0.266 e. The Morgan fingerprint density at radius 1 is 1.31 bits per heavy atom. The third-order valence-electron chi connectivity index (χ3n) is 4.40. The summed E-state index contributed by atoms with van der Waals surface area (Å²) in [6.45, 7) is 9.23. The lowest BCUT2D eigenvalue weighted by Crippen LogP contribution is -2.33. The minimum Gasteiger partial charge on any atom is -0.490 e. The minimum atomic E-state index is 0.0296. The van der Waals surface area contributed by atoms with Gasteiger partial charge in [-0.15, -0.1) is 0 Å². The van der Waals surface area contributed by atoms with E-state index < -0.39 is 0 Å². The zero-order valence-corrected chi connectivity index (χ0v) is 17.2. The van der Waals surface area contributed by atoms with Crippen LogP contribution in [0.4, 0.5) is 0 Å². The molecule has 0 aliphatic carbocycles. The Bertz CT molecular complexity index is 667. The van der Waals surface area contributed by atoms with Crippen LogP contribution in [0.25, 0.3) is 6.08 Å². The molecule has 1 unspecified atom stereocenters. The number of thioether (sulfide) groups is 1. The summed E-state index contributed by atoms with van der Waals surface area (Å²) in [5, 5.41) is 0. The number of unbranched alkanes of at least 4 members (excludes halogenated alkanes) is 1. The molecule has 2 rings (SSSR count). The number of hydrogen-bond acceptors (Lipinski definition) is 4. The molecule has 0 bridgehead atoms. The van der Waals surface area contributed by atoms with Crippen molar-refractivity contribution < 1.29 is 9.53 Å². The SMILES string of the molecule is C=CCOc1ccc(/C=C2\SC(=S)N(CC(CC)CCCC)C2=O)cc1. The van der Waals surface area contributed by atoms with Crippen molar-refractivity contribution in [3.8, 4) is 5.75 Å². The summed E-state index contributed by atoms with van der Waals surface area (Å²) in [4.78, 5) is 15.2. The Labute approximate surface area is 166 Å². The predicted octanol–water partition coefficient (Wildman–Crippen LogP) is 5.67. The monoisotopic (exact) mass is 389 g/mol. The highest BCUT2D eigenvalue weighted by molar-refractivity contribution is 8.26. The highest BCUT2D eigenvalue weighted by Gasteiger charge is 2.33. The van der Waals surface area contributed by atoms with Crippen LogP contribution in [0.5, 0.6) is 5.75 Å². The summed E-state index contributed by atoms with van der Waals surface area (Å²) in [5.41, 5.74) is 0.967. The molecule has 1 aliphatic rings. The van der Waals surface area contributed by atoms with Crippen LogP contribution in [-0.2, 0) is 4.79 Å². The number of carbonyl (C=O) groups excluding carboxylic acids is 1. The van der Waals surface area contributed by atoms with E-state index in [0.717, 1.165) is 30.7 Å². The van der Waals surface area contributed by atoms with Gasteiger partial charge in [-0.25, -0.2) is 0 Å². The molecule has 1 aromatic carbocycles. The average Bonchev–Trinajstić information content (AvgIpc) is 2.91. The molecule has 1 saturated heterocycles. The first-order valence-electron chi connectivity index (χ1n) is 9.18. The maximum atomic E-state index is 12.8. The Kier molecular flexibility index (Phi) is 8.39. The summed E-state index contributed by atoms with van der Waals surface area (Å²) < 4.78 is 6.15. The summed E-state index contributed by atoms with van der Waals surface area (Å²) in [6.07, 6.45) is 8.22. The molecule has 1 aromatic rings. The van der Waals surface area contributed by atoms with Crippen molar-refractivity contribution in [2.24, 2.45) is 5.92 Å².